The molecule has 4 heteroatoms. The lowest BCUT2D eigenvalue weighted by Crippen LogP contribution is -2.49. The van der Waals surface area contributed by atoms with Gasteiger partial charge < -0.3 is 10.4 Å². The molecule has 1 fully saturated rings. The van der Waals surface area contributed by atoms with Crippen molar-refractivity contribution in [3.05, 3.63) is 0 Å². The number of hydrogen-bond donors (Lipinski definition) is 2. The van der Waals surface area contributed by atoms with Gasteiger partial charge in [-0.2, -0.15) is 0 Å². The van der Waals surface area contributed by atoms with Gasteiger partial charge in [-0.1, -0.05) is 13.8 Å². The summed E-state index contributed by atoms with van der Waals surface area (Å²) in [6.07, 6.45) is 1.82. The van der Waals surface area contributed by atoms with E-state index in [1.807, 2.05) is 0 Å². The number of nitrogens with zero attached hydrogens (tertiary/aromatic N) is 1. The number of likely N-dealkylation sites (tertiary alicyclic amines) is 1. The zero-order valence-electron chi connectivity index (χ0n) is 11.2. The number of hydrogen-bond acceptors (Lipinski definition) is 3. The molecular formula is C13H27FN2O. The van der Waals surface area contributed by atoms with Crippen LogP contribution < -0.4 is 5.32 Å². The summed E-state index contributed by atoms with van der Waals surface area (Å²) in [5.74, 6) is 1.30. The lowest BCUT2D eigenvalue weighted by Gasteiger charge is -2.36. The van der Waals surface area contributed by atoms with Crippen LogP contribution in [0.5, 0.6) is 0 Å². The summed E-state index contributed by atoms with van der Waals surface area (Å²) in [5.41, 5.74) is 0. The lowest BCUT2D eigenvalue weighted by atomic mass is 9.96. The highest BCUT2D eigenvalue weighted by molar-refractivity contribution is 4.80. The third-order valence-corrected chi connectivity index (χ3v) is 3.42. The minimum absolute atomic E-state index is 0.211. The van der Waals surface area contributed by atoms with Gasteiger partial charge in [0.25, 0.3) is 0 Å². The van der Waals surface area contributed by atoms with Crippen LogP contribution >= 0.6 is 0 Å². The van der Waals surface area contributed by atoms with Crippen LogP contribution in [-0.4, -0.2) is 55.5 Å². The molecule has 0 bridgehead atoms. The number of aliphatic hydroxyl groups is 1. The van der Waals surface area contributed by atoms with E-state index < -0.39 is 6.17 Å². The van der Waals surface area contributed by atoms with Crippen molar-refractivity contribution in [2.24, 2.45) is 11.8 Å². The molecule has 1 saturated heterocycles. The Bertz CT molecular complexity index is 198. The van der Waals surface area contributed by atoms with Crippen LogP contribution in [-0.2, 0) is 0 Å². The average Bonchev–Trinajstić information content (AvgIpc) is 2.25. The summed E-state index contributed by atoms with van der Waals surface area (Å²) in [6, 6.07) is 0. The Labute approximate surface area is 104 Å². The van der Waals surface area contributed by atoms with Crippen LogP contribution in [0.2, 0.25) is 0 Å². The van der Waals surface area contributed by atoms with E-state index in [0.717, 1.165) is 13.1 Å². The summed E-state index contributed by atoms with van der Waals surface area (Å²) in [6.45, 7) is 8.67. The highest BCUT2D eigenvalue weighted by Gasteiger charge is 2.26. The molecule has 0 aliphatic carbocycles. The molecule has 1 aliphatic rings. The predicted molar refractivity (Wildman–Crippen MR) is 68.9 cm³/mol. The minimum Gasteiger partial charge on any atom is -0.395 e. The van der Waals surface area contributed by atoms with Gasteiger partial charge in [-0.05, 0) is 31.2 Å². The molecule has 2 atom stereocenters. The maximum Gasteiger partial charge on any atom is 0.125 e. The molecule has 2 unspecified atom stereocenters. The molecule has 2 N–H and O–H groups in total. The first-order valence-corrected chi connectivity index (χ1v) is 6.79. The Morgan fingerprint density at radius 2 is 1.94 bits per heavy atom. The normalized spacial score (nSPS) is 21.2. The molecule has 1 rings (SSSR count). The summed E-state index contributed by atoms with van der Waals surface area (Å²) in [7, 11) is 0. The second-order valence-corrected chi connectivity index (χ2v) is 5.53. The first kappa shape index (κ1) is 14.9. The number of aliphatic hydroxyl groups excluding tert-OH is 1. The van der Waals surface area contributed by atoms with E-state index in [4.69, 9.17) is 5.11 Å². The van der Waals surface area contributed by atoms with Gasteiger partial charge in [-0.3, -0.25) is 4.90 Å². The molecule has 3 nitrogen and oxygen atoms in total. The SMILES string of the molecule is CC(CCC(C)CN1CC(F)C1)CNCCO. The van der Waals surface area contributed by atoms with E-state index in [1.165, 1.54) is 12.8 Å². The van der Waals surface area contributed by atoms with Crippen molar-refractivity contribution in [2.45, 2.75) is 32.9 Å². The van der Waals surface area contributed by atoms with Crippen LogP contribution in [0.3, 0.4) is 0 Å². The number of nitrogens with one attached hydrogen (secondary N) is 1. The van der Waals surface area contributed by atoms with Crippen molar-refractivity contribution in [1.29, 1.82) is 0 Å². The van der Waals surface area contributed by atoms with Gasteiger partial charge in [0.1, 0.15) is 6.17 Å². The Hall–Kier alpha value is -0.190. The average molecular weight is 246 g/mol. The summed E-state index contributed by atoms with van der Waals surface area (Å²) in [5, 5.41) is 11.9. The molecule has 0 radical (unpaired) electrons. The fourth-order valence-electron chi connectivity index (χ4n) is 2.29. The predicted octanol–water partition coefficient (Wildman–Crippen LogP) is 1.27. The number of alkyl halides is 1. The number of halogens is 1. The topological polar surface area (TPSA) is 35.5 Å². The molecule has 1 heterocycles. The first-order valence-electron chi connectivity index (χ1n) is 6.79. The summed E-state index contributed by atoms with van der Waals surface area (Å²) >= 11 is 0. The highest BCUT2D eigenvalue weighted by atomic mass is 19.1. The molecule has 0 aromatic rings. The van der Waals surface area contributed by atoms with Gasteiger partial charge in [-0.25, -0.2) is 4.39 Å². The Morgan fingerprint density at radius 3 is 2.53 bits per heavy atom. The van der Waals surface area contributed by atoms with Crippen molar-refractivity contribution in [1.82, 2.24) is 10.2 Å². The van der Waals surface area contributed by atoms with Gasteiger partial charge in [0.15, 0.2) is 0 Å². The maximum atomic E-state index is 12.6. The summed E-state index contributed by atoms with van der Waals surface area (Å²) < 4.78 is 12.6. The molecule has 0 saturated carbocycles. The Morgan fingerprint density at radius 1 is 1.29 bits per heavy atom. The van der Waals surface area contributed by atoms with Crippen molar-refractivity contribution in [2.75, 3.05) is 39.3 Å². The fourth-order valence-corrected chi connectivity index (χ4v) is 2.29. The first-order chi connectivity index (χ1) is 8.11. The van der Waals surface area contributed by atoms with Crippen molar-refractivity contribution < 1.29 is 9.50 Å². The van der Waals surface area contributed by atoms with Gasteiger partial charge in [-0.15, -0.1) is 0 Å². The van der Waals surface area contributed by atoms with E-state index in [0.29, 0.717) is 31.5 Å². The van der Waals surface area contributed by atoms with Gasteiger partial charge >= 0.3 is 0 Å². The molecule has 0 spiro atoms. The van der Waals surface area contributed by atoms with Crippen LogP contribution in [0, 0.1) is 11.8 Å². The van der Waals surface area contributed by atoms with Crippen LogP contribution in [0.25, 0.3) is 0 Å². The van der Waals surface area contributed by atoms with E-state index in [1.54, 1.807) is 0 Å². The highest BCUT2D eigenvalue weighted by Crippen LogP contribution is 2.17. The minimum atomic E-state index is -0.580. The van der Waals surface area contributed by atoms with Crippen LogP contribution in [0.1, 0.15) is 26.7 Å². The van der Waals surface area contributed by atoms with E-state index >= 15 is 0 Å². The third-order valence-electron chi connectivity index (χ3n) is 3.42. The van der Waals surface area contributed by atoms with Crippen molar-refractivity contribution in [3.8, 4) is 0 Å². The maximum absolute atomic E-state index is 12.6. The third kappa shape index (κ3) is 6.34. The molecule has 0 aromatic heterocycles. The van der Waals surface area contributed by atoms with Gasteiger partial charge in [0.2, 0.25) is 0 Å². The standard InChI is InChI=1S/C13H27FN2O/c1-11(7-15-5-6-17)3-4-12(2)8-16-9-13(14)10-16/h11-13,15,17H,3-10H2,1-2H3. The summed E-state index contributed by atoms with van der Waals surface area (Å²) in [4.78, 5) is 2.20. The monoisotopic (exact) mass is 246 g/mol. The van der Waals surface area contributed by atoms with Crippen molar-refractivity contribution in [3.63, 3.8) is 0 Å². The molecule has 102 valence electrons. The zero-order chi connectivity index (χ0) is 12.7. The quantitative estimate of drug-likeness (QED) is 0.602. The Balaban J connectivity index is 1.96. The molecular weight excluding hydrogens is 219 g/mol. The lowest BCUT2D eigenvalue weighted by molar-refractivity contribution is 0.0520. The van der Waals surface area contributed by atoms with Gasteiger partial charge in [0.05, 0.1) is 6.61 Å². The number of rotatable bonds is 9. The zero-order valence-corrected chi connectivity index (χ0v) is 11.2. The Kier molecular flexibility index (Phi) is 7.00. The molecule has 0 amide bonds. The fraction of sp³-hybridized carbons (Fsp3) is 1.00. The smallest absolute Gasteiger partial charge is 0.125 e. The van der Waals surface area contributed by atoms with Crippen LogP contribution in [0.4, 0.5) is 4.39 Å². The molecule has 17 heavy (non-hydrogen) atoms. The largest absolute Gasteiger partial charge is 0.395 e. The second-order valence-electron chi connectivity index (χ2n) is 5.53. The van der Waals surface area contributed by atoms with E-state index in [2.05, 4.69) is 24.1 Å². The second kappa shape index (κ2) is 8.01. The van der Waals surface area contributed by atoms with E-state index in [9.17, 15) is 4.39 Å². The molecule has 0 aromatic carbocycles. The molecule has 1 aliphatic heterocycles. The van der Waals surface area contributed by atoms with E-state index in [-0.39, 0.29) is 6.61 Å². The van der Waals surface area contributed by atoms with Crippen molar-refractivity contribution >= 4 is 0 Å². The van der Waals surface area contributed by atoms with Crippen LogP contribution in [0.15, 0.2) is 0 Å². The van der Waals surface area contributed by atoms with Gasteiger partial charge in [0, 0.05) is 26.2 Å².